The zero-order chi connectivity index (χ0) is 14.5. The Labute approximate surface area is 114 Å². The van der Waals surface area contributed by atoms with E-state index in [1.165, 1.54) is 6.92 Å². The number of hydrogen-bond acceptors (Lipinski definition) is 6. The minimum Gasteiger partial charge on any atom is -0.379 e. The molecule has 2 rings (SSSR count). The van der Waals surface area contributed by atoms with Crippen molar-refractivity contribution in [2.45, 2.75) is 13.3 Å². The monoisotopic (exact) mass is 275 g/mol. The molecule has 0 saturated carbocycles. The molecule has 0 fully saturated rings. The van der Waals surface area contributed by atoms with Crippen molar-refractivity contribution in [3.63, 3.8) is 0 Å². The number of carbonyl (C=O) groups excluding carboxylic acids is 2. The van der Waals surface area contributed by atoms with E-state index in [0.29, 0.717) is 11.4 Å². The summed E-state index contributed by atoms with van der Waals surface area (Å²) in [6, 6.07) is 6.72. The number of nitrogens with one attached hydrogen (secondary N) is 2. The standard InChI is InChI=1S/C12H13N5O3/c1-7(18)14-8-2-4-9(5-3-8)15-11(19)6-10-12(13)17-20-16-10/h2-5H,6H2,1H3,(H2,13,17)(H,14,18)(H,15,19). The van der Waals surface area contributed by atoms with Crippen LogP contribution in [0.4, 0.5) is 17.2 Å². The van der Waals surface area contributed by atoms with E-state index >= 15 is 0 Å². The molecule has 0 aliphatic heterocycles. The minimum absolute atomic E-state index is 0.0250. The smallest absolute Gasteiger partial charge is 0.230 e. The molecule has 20 heavy (non-hydrogen) atoms. The van der Waals surface area contributed by atoms with Crippen molar-refractivity contribution in [3.05, 3.63) is 30.0 Å². The molecule has 8 heteroatoms. The number of hydrogen-bond donors (Lipinski definition) is 3. The minimum atomic E-state index is -0.292. The van der Waals surface area contributed by atoms with Gasteiger partial charge in [0.2, 0.25) is 11.8 Å². The average Bonchev–Trinajstić information content (AvgIpc) is 2.77. The number of nitrogen functional groups attached to an aromatic ring is 1. The van der Waals surface area contributed by atoms with Crippen molar-refractivity contribution in [3.8, 4) is 0 Å². The first-order valence-corrected chi connectivity index (χ1v) is 5.79. The maximum absolute atomic E-state index is 11.7. The first-order valence-electron chi connectivity index (χ1n) is 5.79. The lowest BCUT2D eigenvalue weighted by Gasteiger charge is -2.06. The summed E-state index contributed by atoms with van der Waals surface area (Å²) in [4.78, 5) is 22.6. The maximum atomic E-state index is 11.7. The van der Waals surface area contributed by atoms with Gasteiger partial charge in [0.05, 0.1) is 6.42 Å². The van der Waals surface area contributed by atoms with Gasteiger partial charge in [0, 0.05) is 18.3 Å². The second-order valence-electron chi connectivity index (χ2n) is 4.08. The molecule has 104 valence electrons. The van der Waals surface area contributed by atoms with Crippen LogP contribution in [0, 0.1) is 0 Å². The Bertz CT molecular complexity index is 620. The molecule has 0 saturated heterocycles. The fourth-order valence-electron chi connectivity index (χ4n) is 1.53. The third kappa shape index (κ3) is 3.55. The van der Waals surface area contributed by atoms with Crippen molar-refractivity contribution in [2.24, 2.45) is 0 Å². The molecule has 0 spiro atoms. The summed E-state index contributed by atoms with van der Waals surface area (Å²) in [7, 11) is 0. The van der Waals surface area contributed by atoms with Crippen LogP contribution in [0.1, 0.15) is 12.6 Å². The molecule has 1 heterocycles. The van der Waals surface area contributed by atoms with E-state index < -0.39 is 0 Å². The van der Waals surface area contributed by atoms with Crippen LogP contribution < -0.4 is 16.4 Å². The zero-order valence-electron chi connectivity index (χ0n) is 10.7. The molecular weight excluding hydrogens is 262 g/mol. The van der Waals surface area contributed by atoms with E-state index in [4.69, 9.17) is 5.73 Å². The predicted molar refractivity (Wildman–Crippen MR) is 71.8 cm³/mol. The van der Waals surface area contributed by atoms with Crippen molar-refractivity contribution in [1.29, 1.82) is 0 Å². The summed E-state index contributed by atoms with van der Waals surface area (Å²) in [5.74, 6) is -0.350. The van der Waals surface area contributed by atoms with Gasteiger partial charge in [-0.3, -0.25) is 9.59 Å². The number of rotatable bonds is 4. The van der Waals surface area contributed by atoms with Gasteiger partial charge < -0.3 is 16.4 Å². The number of nitrogens with two attached hydrogens (primary N) is 1. The van der Waals surface area contributed by atoms with Gasteiger partial charge in [-0.25, -0.2) is 4.63 Å². The summed E-state index contributed by atoms with van der Waals surface area (Å²) >= 11 is 0. The molecule has 1 aromatic carbocycles. The van der Waals surface area contributed by atoms with Gasteiger partial charge in [-0.2, -0.15) is 0 Å². The van der Waals surface area contributed by atoms with Crippen LogP contribution in [0.5, 0.6) is 0 Å². The summed E-state index contributed by atoms with van der Waals surface area (Å²) in [5.41, 5.74) is 7.00. The van der Waals surface area contributed by atoms with Gasteiger partial charge in [0.15, 0.2) is 5.82 Å². The normalized spacial score (nSPS) is 10.1. The van der Waals surface area contributed by atoms with Crippen LogP contribution in [0.2, 0.25) is 0 Å². The molecule has 0 aliphatic rings. The van der Waals surface area contributed by atoms with E-state index in [2.05, 4.69) is 25.6 Å². The van der Waals surface area contributed by atoms with Crippen LogP contribution >= 0.6 is 0 Å². The first kappa shape index (κ1) is 13.5. The fourth-order valence-corrected chi connectivity index (χ4v) is 1.53. The lowest BCUT2D eigenvalue weighted by molar-refractivity contribution is -0.116. The molecule has 2 amide bonds. The predicted octanol–water partition coefficient (Wildman–Crippen LogP) is 0.791. The van der Waals surface area contributed by atoms with E-state index in [9.17, 15) is 9.59 Å². The largest absolute Gasteiger partial charge is 0.379 e. The molecule has 8 nitrogen and oxygen atoms in total. The molecule has 4 N–H and O–H groups in total. The second-order valence-corrected chi connectivity index (χ2v) is 4.08. The Kier molecular flexibility index (Phi) is 3.94. The summed E-state index contributed by atoms with van der Waals surface area (Å²) in [6.45, 7) is 1.42. The molecule has 0 bridgehead atoms. The summed E-state index contributed by atoms with van der Waals surface area (Å²) in [5, 5.41) is 12.2. The van der Waals surface area contributed by atoms with Gasteiger partial charge in [-0.15, -0.1) is 0 Å². The van der Waals surface area contributed by atoms with Crippen LogP contribution in [-0.4, -0.2) is 22.1 Å². The number of carbonyl (C=O) groups is 2. The van der Waals surface area contributed by atoms with Gasteiger partial charge in [-0.05, 0) is 29.4 Å². The Morgan fingerprint density at radius 2 is 1.75 bits per heavy atom. The number of anilines is 3. The summed E-state index contributed by atoms with van der Waals surface area (Å²) in [6.07, 6.45) is -0.0250. The van der Waals surface area contributed by atoms with E-state index in [0.717, 1.165) is 0 Å². The van der Waals surface area contributed by atoms with Gasteiger partial charge in [0.1, 0.15) is 5.69 Å². The Balaban J connectivity index is 1.94. The van der Waals surface area contributed by atoms with E-state index in [-0.39, 0.29) is 29.7 Å². The van der Waals surface area contributed by atoms with Gasteiger partial charge in [0.25, 0.3) is 0 Å². The average molecular weight is 275 g/mol. The van der Waals surface area contributed by atoms with E-state index in [1.54, 1.807) is 24.3 Å². The van der Waals surface area contributed by atoms with E-state index in [1.807, 2.05) is 0 Å². The van der Waals surface area contributed by atoms with Crippen LogP contribution in [-0.2, 0) is 16.0 Å². The zero-order valence-corrected chi connectivity index (χ0v) is 10.7. The molecule has 1 aromatic heterocycles. The Morgan fingerprint density at radius 1 is 1.15 bits per heavy atom. The fraction of sp³-hybridized carbons (Fsp3) is 0.167. The summed E-state index contributed by atoms with van der Waals surface area (Å²) < 4.78 is 4.40. The third-order valence-corrected chi connectivity index (χ3v) is 2.40. The molecular formula is C12H13N5O3. The number of amides is 2. The molecule has 0 unspecified atom stereocenters. The van der Waals surface area contributed by atoms with Gasteiger partial charge >= 0.3 is 0 Å². The molecule has 0 radical (unpaired) electrons. The highest BCUT2D eigenvalue weighted by Crippen LogP contribution is 2.14. The second kappa shape index (κ2) is 5.83. The van der Waals surface area contributed by atoms with Crippen LogP contribution in [0.15, 0.2) is 28.9 Å². The van der Waals surface area contributed by atoms with Crippen LogP contribution in [0.25, 0.3) is 0 Å². The number of benzene rings is 1. The Morgan fingerprint density at radius 3 is 2.25 bits per heavy atom. The van der Waals surface area contributed by atoms with Crippen LogP contribution in [0.3, 0.4) is 0 Å². The molecule has 2 aromatic rings. The highest BCUT2D eigenvalue weighted by molar-refractivity contribution is 5.93. The molecule has 0 atom stereocenters. The number of nitrogens with zero attached hydrogens (tertiary/aromatic N) is 2. The first-order chi connectivity index (χ1) is 9.54. The highest BCUT2D eigenvalue weighted by Gasteiger charge is 2.11. The number of aromatic nitrogens is 2. The van der Waals surface area contributed by atoms with Gasteiger partial charge in [-0.1, -0.05) is 5.16 Å². The Hall–Kier alpha value is -2.90. The van der Waals surface area contributed by atoms with Crippen molar-refractivity contribution in [1.82, 2.24) is 10.3 Å². The van der Waals surface area contributed by atoms with Crippen molar-refractivity contribution < 1.29 is 14.2 Å². The SMILES string of the molecule is CC(=O)Nc1ccc(NC(=O)Cc2nonc2N)cc1. The lowest BCUT2D eigenvalue weighted by atomic mass is 10.2. The molecule has 0 aliphatic carbocycles. The third-order valence-electron chi connectivity index (χ3n) is 2.40. The maximum Gasteiger partial charge on any atom is 0.230 e. The lowest BCUT2D eigenvalue weighted by Crippen LogP contribution is -2.15. The van der Waals surface area contributed by atoms with Crippen molar-refractivity contribution >= 4 is 29.0 Å². The quantitative estimate of drug-likeness (QED) is 0.758. The highest BCUT2D eigenvalue weighted by atomic mass is 16.6. The van der Waals surface area contributed by atoms with Crippen molar-refractivity contribution in [2.75, 3.05) is 16.4 Å². The topological polar surface area (TPSA) is 123 Å².